The predicted octanol–water partition coefficient (Wildman–Crippen LogP) is 2.87. The molecule has 0 aromatic heterocycles. The van der Waals surface area contributed by atoms with Crippen molar-refractivity contribution in [3.05, 3.63) is 30.3 Å². The highest BCUT2D eigenvalue weighted by Gasteiger charge is 2.18. The summed E-state index contributed by atoms with van der Waals surface area (Å²) in [7, 11) is 1.64. The van der Waals surface area contributed by atoms with E-state index < -0.39 is 11.7 Å². The molecule has 162 valence electrons. The Kier molecular flexibility index (Phi) is 10.6. The number of para-hydroxylation sites is 1. The van der Waals surface area contributed by atoms with Gasteiger partial charge >= 0.3 is 6.09 Å². The first-order valence-electron chi connectivity index (χ1n) is 10.0. The van der Waals surface area contributed by atoms with Gasteiger partial charge in [0.05, 0.1) is 6.54 Å². The predicted molar refractivity (Wildman–Crippen MR) is 117 cm³/mol. The van der Waals surface area contributed by atoms with Gasteiger partial charge in [-0.2, -0.15) is 0 Å². The maximum atomic E-state index is 12.1. The van der Waals surface area contributed by atoms with Crippen molar-refractivity contribution in [1.29, 1.82) is 0 Å². The van der Waals surface area contributed by atoms with Crippen molar-refractivity contribution in [3.8, 4) is 0 Å². The lowest BCUT2D eigenvalue weighted by atomic mass is 10.1. The topological polar surface area (TPSA) is 104 Å². The highest BCUT2D eigenvalue weighted by atomic mass is 16.6. The summed E-state index contributed by atoms with van der Waals surface area (Å²) in [4.78, 5) is 28.2. The molecule has 0 spiro atoms. The molecule has 0 aliphatic rings. The molecule has 1 unspecified atom stereocenters. The fraction of sp³-hybridized carbons (Fsp3) is 0.571. The third-order valence-corrected chi connectivity index (χ3v) is 3.84. The summed E-state index contributed by atoms with van der Waals surface area (Å²) >= 11 is 0. The van der Waals surface area contributed by atoms with E-state index in [0.717, 1.165) is 24.9 Å². The number of nitrogens with zero attached hydrogens (tertiary/aromatic N) is 1. The summed E-state index contributed by atoms with van der Waals surface area (Å²) in [5, 5.41) is 11.9. The lowest BCUT2D eigenvalue weighted by Crippen LogP contribution is -2.50. The minimum Gasteiger partial charge on any atom is -0.444 e. The molecule has 0 fully saturated rings. The van der Waals surface area contributed by atoms with Crippen LogP contribution in [0.2, 0.25) is 0 Å². The minimum atomic E-state index is -0.542. The number of alkyl carbamates (subject to hydrolysis) is 1. The lowest BCUT2D eigenvalue weighted by Gasteiger charge is -2.24. The molecule has 2 amide bonds. The Morgan fingerprint density at radius 1 is 1.14 bits per heavy atom. The highest BCUT2D eigenvalue weighted by molar-refractivity contribution is 5.95. The van der Waals surface area contributed by atoms with Gasteiger partial charge < -0.3 is 26.0 Å². The van der Waals surface area contributed by atoms with E-state index in [9.17, 15) is 9.59 Å². The first kappa shape index (κ1) is 24.3. The van der Waals surface area contributed by atoms with E-state index in [1.165, 1.54) is 0 Å². The van der Waals surface area contributed by atoms with E-state index in [0.29, 0.717) is 12.5 Å². The highest BCUT2D eigenvalue weighted by Crippen LogP contribution is 2.07. The molecule has 0 saturated carbocycles. The van der Waals surface area contributed by atoms with Crippen molar-refractivity contribution in [2.24, 2.45) is 4.99 Å². The van der Waals surface area contributed by atoms with Crippen molar-refractivity contribution in [2.75, 3.05) is 25.5 Å². The molecule has 0 bridgehead atoms. The van der Waals surface area contributed by atoms with Crippen LogP contribution in [0.3, 0.4) is 0 Å². The van der Waals surface area contributed by atoms with Gasteiger partial charge in [-0.3, -0.25) is 9.79 Å². The number of rotatable bonds is 9. The summed E-state index contributed by atoms with van der Waals surface area (Å²) in [5.74, 6) is 0.330. The van der Waals surface area contributed by atoms with Gasteiger partial charge in [0.25, 0.3) is 0 Å². The average molecular weight is 406 g/mol. The van der Waals surface area contributed by atoms with Gasteiger partial charge in [-0.05, 0) is 39.3 Å². The molecular formula is C21H35N5O3. The van der Waals surface area contributed by atoms with Gasteiger partial charge in [-0.15, -0.1) is 0 Å². The first-order chi connectivity index (χ1) is 13.7. The van der Waals surface area contributed by atoms with Gasteiger partial charge in [0.1, 0.15) is 5.60 Å². The minimum absolute atomic E-state index is 0.0362. The largest absolute Gasteiger partial charge is 0.444 e. The Morgan fingerprint density at radius 2 is 1.83 bits per heavy atom. The second-order valence-corrected chi connectivity index (χ2v) is 7.71. The second-order valence-electron chi connectivity index (χ2n) is 7.71. The van der Waals surface area contributed by atoms with Gasteiger partial charge in [-0.1, -0.05) is 38.0 Å². The number of nitrogens with one attached hydrogen (secondary N) is 4. The van der Waals surface area contributed by atoms with Gasteiger partial charge in [-0.25, -0.2) is 4.79 Å². The monoisotopic (exact) mass is 405 g/mol. The van der Waals surface area contributed by atoms with Crippen molar-refractivity contribution >= 4 is 23.6 Å². The number of aliphatic imine (C=N–C) groups is 1. The molecular weight excluding hydrogens is 370 g/mol. The number of hydrogen-bond donors (Lipinski definition) is 4. The number of amides is 2. The molecule has 4 N–H and O–H groups in total. The van der Waals surface area contributed by atoms with Crippen molar-refractivity contribution in [2.45, 2.75) is 58.6 Å². The smallest absolute Gasteiger partial charge is 0.407 e. The molecule has 29 heavy (non-hydrogen) atoms. The first-order valence-corrected chi connectivity index (χ1v) is 10.0. The molecule has 8 heteroatoms. The summed E-state index contributed by atoms with van der Waals surface area (Å²) in [5.41, 5.74) is 0.199. The Morgan fingerprint density at radius 3 is 2.41 bits per heavy atom. The van der Waals surface area contributed by atoms with Crippen LogP contribution in [0.4, 0.5) is 10.5 Å². The number of benzene rings is 1. The molecule has 1 rings (SSSR count). The van der Waals surface area contributed by atoms with Crippen molar-refractivity contribution in [1.82, 2.24) is 16.0 Å². The molecule has 1 aromatic rings. The van der Waals surface area contributed by atoms with E-state index in [4.69, 9.17) is 4.74 Å². The van der Waals surface area contributed by atoms with E-state index in [-0.39, 0.29) is 18.5 Å². The summed E-state index contributed by atoms with van der Waals surface area (Å²) in [6, 6.07) is 9.23. The van der Waals surface area contributed by atoms with Crippen molar-refractivity contribution in [3.63, 3.8) is 0 Å². The van der Waals surface area contributed by atoms with E-state index in [1.54, 1.807) is 7.05 Å². The molecule has 8 nitrogen and oxygen atoms in total. The van der Waals surface area contributed by atoms with Crippen LogP contribution >= 0.6 is 0 Å². The van der Waals surface area contributed by atoms with Crippen LogP contribution in [-0.4, -0.2) is 49.7 Å². The fourth-order valence-corrected chi connectivity index (χ4v) is 2.48. The SMILES string of the molecule is CCCCC(CNC(=O)OC(C)(C)C)NC(=NC)NCC(=O)Nc1ccccc1. The van der Waals surface area contributed by atoms with Crippen LogP contribution in [-0.2, 0) is 9.53 Å². The molecule has 0 aliphatic heterocycles. The summed E-state index contributed by atoms with van der Waals surface area (Å²) < 4.78 is 5.28. The number of ether oxygens (including phenoxy) is 1. The molecule has 0 heterocycles. The number of hydrogen-bond acceptors (Lipinski definition) is 4. The Hall–Kier alpha value is -2.77. The maximum absolute atomic E-state index is 12.1. The zero-order valence-corrected chi connectivity index (χ0v) is 18.2. The summed E-state index contributed by atoms with van der Waals surface area (Å²) in [6.45, 7) is 8.06. The second kappa shape index (κ2) is 12.6. The third-order valence-electron chi connectivity index (χ3n) is 3.84. The average Bonchev–Trinajstić information content (AvgIpc) is 2.66. The quantitative estimate of drug-likeness (QED) is 0.374. The Balaban J connectivity index is 2.51. The maximum Gasteiger partial charge on any atom is 0.407 e. The van der Waals surface area contributed by atoms with Gasteiger partial charge in [0, 0.05) is 25.3 Å². The number of carbonyl (C=O) groups excluding carboxylic acids is 2. The van der Waals surface area contributed by atoms with Crippen molar-refractivity contribution < 1.29 is 14.3 Å². The molecule has 1 aromatic carbocycles. The standard InChI is InChI=1S/C21H35N5O3/c1-6-7-11-17(14-24-20(28)29-21(2,3)4)26-19(22-5)23-15-18(27)25-16-12-9-8-10-13-16/h8-10,12-13,17H,6-7,11,14-15H2,1-5H3,(H,24,28)(H,25,27)(H2,22,23,26). The number of anilines is 1. The molecule has 0 saturated heterocycles. The summed E-state index contributed by atoms with van der Waals surface area (Å²) in [6.07, 6.45) is 2.43. The van der Waals surface area contributed by atoms with E-state index >= 15 is 0 Å². The number of unbranched alkanes of at least 4 members (excludes halogenated alkanes) is 1. The van der Waals surface area contributed by atoms with Gasteiger partial charge in [0.15, 0.2) is 5.96 Å². The van der Waals surface area contributed by atoms with Crippen LogP contribution in [0.1, 0.15) is 47.0 Å². The van der Waals surface area contributed by atoms with Crippen LogP contribution in [0, 0.1) is 0 Å². The van der Waals surface area contributed by atoms with Gasteiger partial charge in [0.2, 0.25) is 5.91 Å². The normalized spacial score (nSPS) is 12.7. The third kappa shape index (κ3) is 11.6. The van der Waals surface area contributed by atoms with E-state index in [1.807, 2.05) is 51.1 Å². The zero-order chi connectivity index (χ0) is 21.7. The molecule has 0 radical (unpaired) electrons. The Labute approximate surface area is 173 Å². The fourth-order valence-electron chi connectivity index (χ4n) is 2.48. The van der Waals surface area contributed by atoms with Crippen LogP contribution < -0.4 is 21.3 Å². The van der Waals surface area contributed by atoms with Crippen LogP contribution in [0.5, 0.6) is 0 Å². The zero-order valence-electron chi connectivity index (χ0n) is 18.2. The number of carbonyl (C=O) groups is 2. The van der Waals surface area contributed by atoms with Crippen LogP contribution in [0.15, 0.2) is 35.3 Å². The Bertz CT molecular complexity index is 656. The number of guanidine groups is 1. The molecule has 0 aliphatic carbocycles. The molecule has 1 atom stereocenters. The lowest BCUT2D eigenvalue weighted by molar-refractivity contribution is -0.115. The van der Waals surface area contributed by atoms with E-state index in [2.05, 4.69) is 33.2 Å². The van der Waals surface area contributed by atoms with Crippen LogP contribution in [0.25, 0.3) is 0 Å².